The molecule has 2 rings (SSSR count). The molecule has 2 aromatic rings. The highest BCUT2D eigenvalue weighted by atomic mass is 19.1. The Labute approximate surface area is 143 Å². The number of aliphatic hydroxyl groups is 1. The summed E-state index contributed by atoms with van der Waals surface area (Å²) in [5, 5.41) is 15.2. The Bertz CT molecular complexity index is 778. The minimum absolute atomic E-state index is 0.260. The van der Waals surface area contributed by atoms with Gasteiger partial charge in [0.05, 0.1) is 17.7 Å². The van der Waals surface area contributed by atoms with Crippen LogP contribution in [0.2, 0.25) is 0 Å². The maximum Gasteiger partial charge on any atom is 0.254 e. The first-order chi connectivity index (χ1) is 11.8. The van der Waals surface area contributed by atoms with Gasteiger partial charge in [0, 0.05) is 12.6 Å². The molecule has 0 aliphatic rings. The maximum absolute atomic E-state index is 13.9. The summed E-state index contributed by atoms with van der Waals surface area (Å²) in [6.07, 6.45) is -1.09. The highest BCUT2D eigenvalue weighted by Crippen LogP contribution is 2.19. The van der Waals surface area contributed by atoms with Crippen molar-refractivity contribution in [2.24, 2.45) is 0 Å². The predicted octanol–water partition coefficient (Wildman–Crippen LogP) is 2.78. The lowest BCUT2D eigenvalue weighted by Gasteiger charge is -2.21. The van der Waals surface area contributed by atoms with E-state index in [0.717, 1.165) is 6.07 Å². The Balaban J connectivity index is 2.12. The molecule has 0 saturated carbocycles. The van der Waals surface area contributed by atoms with Crippen molar-refractivity contribution in [2.45, 2.75) is 26.0 Å². The van der Waals surface area contributed by atoms with Gasteiger partial charge in [0.15, 0.2) is 0 Å². The van der Waals surface area contributed by atoms with Gasteiger partial charge in [-0.25, -0.2) is 8.78 Å². The van der Waals surface area contributed by atoms with E-state index in [-0.39, 0.29) is 17.2 Å². The normalized spacial score (nSPS) is 13.0. The van der Waals surface area contributed by atoms with Crippen LogP contribution in [0.25, 0.3) is 0 Å². The van der Waals surface area contributed by atoms with E-state index in [1.807, 2.05) is 0 Å². The van der Waals surface area contributed by atoms with Crippen molar-refractivity contribution in [2.75, 3.05) is 5.32 Å². The summed E-state index contributed by atoms with van der Waals surface area (Å²) in [7, 11) is 0. The number of hydrogen-bond donors (Lipinski definition) is 3. The molecule has 0 bridgehead atoms. The van der Waals surface area contributed by atoms with Crippen LogP contribution >= 0.6 is 0 Å². The number of benzene rings is 2. The minimum atomic E-state index is -1.09. The van der Waals surface area contributed by atoms with Crippen LogP contribution < -0.4 is 10.6 Å². The van der Waals surface area contributed by atoms with E-state index in [2.05, 4.69) is 10.6 Å². The average molecular weight is 348 g/mol. The maximum atomic E-state index is 13.9. The number of amides is 2. The van der Waals surface area contributed by atoms with Crippen molar-refractivity contribution in [3.05, 3.63) is 65.2 Å². The zero-order valence-electron chi connectivity index (χ0n) is 13.7. The first-order valence-corrected chi connectivity index (χ1v) is 7.59. The van der Waals surface area contributed by atoms with Crippen molar-refractivity contribution in [1.29, 1.82) is 0 Å². The van der Waals surface area contributed by atoms with Crippen molar-refractivity contribution in [3.63, 3.8) is 0 Å². The van der Waals surface area contributed by atoms with E-state index in [1.54, 1.807) is 6.92 Å². The molecule has 0 fully saturated rings. The van der Waals surface area contributed by atoms with Crippen LogP contribution in [0.1, 0.15) is 35.9 Å². The third kappa shape index (κ3) is 4.84. The van der Waals surface area contributed by atoms with Gasteiger partial charge >= 0.3 is 0 Å². The van der Waals surface area contributed by atoms with Crippen LogP contribution in [0.5, 0.6) is 0 Å². The second-order valence-electron chi connectivity index (χ2n) is 5.63. The minimum Gasteiger partial charge on any atom is -0.386 e. The zero-order valence-corrected chi connectivity index (χ0v) is 13.7. The molecule has 0 aliphatic carbocycles. The SMILES string of the molecule is CC(=O)Nc1ccc(F)c(C(=O)NC(C)C(O)c2ccc(F)cc2)c1. The second-order valence-corrected chi connectivity index (χ2v) is 5.63. The molecular weight excluding hydrogens is 330 g/mol. The average Bonchev–Trinajstić information content (AvgIpc) is 2.56. The van der Waals surface area contributed by atoms with Crippen LogP contribution in [0.4, 0.5) is 14.5 Å². The molecule has 2 aromatic carbocycles. The molecule has 0 aliphatic heterocycles. The fourth-order valence-corrected chi connectivity index (χ4v) is 2.29. The number of carbonyl (C=O) groups excluding carboxylic acids is 2. The summed E-state index contributed by atoms with van der Waals surface area (Å²) in [4.78, 5) is 23.3. The van der Waals surface area contributed by atoms with Crippen LogP contribution in [-0.2, 0) is 4.79 Å². The monoisotopic (exact) mass is 348 g/mol. The Morgan fingerprint density at radius 3 is 2.32 bits per heavy atom. The molecule has 0 saturated heterocycles. The van der Waals surface area contributed by atoms with E-state index >= 15 is 0 Å². The van der Waals surface area contributed by atoms with Crippen molar-refractivity contribution < 1.29 is 23.5 Å². The van der Waals surface area contributed by atoms with Crippen LogP contribution in [0.3, 0.4) is 0 Å². The van der Waals surface area contributed by atoms with Gasteiger partial charge < -0.3 is 15.7 Å². The number of rotatable bonds is 5. The van der Waals surface area contributed by atoms with E-state index < -0.39 is 29.7 Å². The summed E-state index contributed by atoms with van der Waals surface area (Å²) in [5.74, 6) is -2.28. The van der Waals surface area contributed by atoms with E-state index in [0.29, 0.717) is 5.56 Å². The molecule has 0 spiro atoms. The Hall–Kier alpha value is -2.80. The molecule has 2 atom stereocenters. The van der Waals surface area contributed by atoms with Gasteiger partial charge in [-0.05, 0) is 42.8 Å². The van der Waals surface area contributed by atoms with Crippen molar-refractivity contribution in [3.8, 4) is 0 Å². The lowest BCUT2D eigenvalue weighted by molar-refractivity contribution is -0.114. The Morgan fingerprint density at radius 1 is 1.08 bits per heavy atom. The smallest absolute Gasteiger partial charge is 0.254 e. The Kier molecular flexibility index (Phi) is 5.82. The summed E-state index contributed by atoms with van der Waals surface area (Å²) in [5.41, 5.74) is 0.442. The van der Waals surface area contributed by atoms with Gasteiger partial charge in [-0.15, -0.1) is 0 Å². The molecule has 0 aromatic heterocycles. The first kappa shape index (κ1) is 18.5. The van der Waals surface area contributed by atoms with Crippen LogP contribution in [-0.4, -0.2) is 23.0 Å². The van der Waals surface area contributed by atoms with Crippen LogP contribution in [0.15, 0.2) is 42.5 Å². The molecule has 2 amide bonds. The summed E-state index contributed by atoms with van der Waals surface area (Å²) < 4.78 is 26.8. The lowest BCUT2D eigenvalue weighted by atomic mass is 10.0. The third-order valence-electron chi connectivity index (χ3n) is 3.58. The number of anilines is 1. The summed E-state index contributed by atoms with van der Waals surface area (Å²) >= 11 is 0. The fraction of sp³-hybridized carbons (Fsp3) is 0.222. The Morgan fingerprint density at radius 2 is 1.72 bits per heavy atom. The topological polar surface area (TPSA) is 78.4 Å². The van der Waals surface area contributed by atoms with Gasteiger partial charge in [0.25, 0.3) is 5.91 Å². The van der Waals surface area contributed by atoms with E-state index in [9.17, 15) is 23.5 Å². The van der Waals surface area contributed by atoms with Crippen molar-refractivity contribution in [1.82, 2.24) is 5.32 Å². The molecule has 132 valence electrons. The van der Waals surface area contributed by atoms with E-state index in [4.69, 9.17) is 0 Å². The van der Waals surface area contributed by atoms with Crippen molar-refractivity contribution >= 4 is 17.5 Å². The van der Waals surface area contributed by atoms with Gasteiger partial charge in [0.1, 0.15) is 11.6 Å². The van der Waals surface area contributed by atoms with Gasteiger partial charge in [0.2, 0.25) is 5.91 Å². The van der Waals surface area contributed by atoms with E-state index in [1.165, 1.54) is 43.3 Å². The fourth-order valence-electron chi connectivity index (χ4n) is 2.29. The molecule has 3 N–H and O–H groups in total. The largest absolute Gasteiger partial charge is 0.386 e. The van der Waals surface area contributed by atoms with Crippen LogP contribution in [0, 0.1) is 11.6 Å². The molecular formula is C18H18F2N2O3. The number of hydrogen-bond acceptors (Lipinski definition) is 3. The second kappa shape index (κ2) is 7.85. The van der Waals surface area contributed by atoms with Gasteiger partial charge in [-0.2, -0.15) is 0 Å². The number of carbonyl (C=O) groups is 2. The summed E-state index contributed by atoms with van der Waals surface area (Å²) in [6.45, 7) is 2.84. The number of aliphatic hydroxyl groups excluding tert-OH is 1. The molecule has 25 heavy (non-hydrogen) atoms. The predicted molar refractivity (Wildman–Crippen MR) is 89.0 cm³/mol. The van der Waals surface area contributed by atoms with Gasteiger partial charge in [-0.3, -0.25) is 9.59 Å². The number of nitrogens with one attached hydrogen (secondary N) is 2. The third-order valence-corrected chi connectivity index (χ3v) is 3.58. The van der Waals surface area contributed by atoms with Gasteiger partial charge in [-0.1, -0.05) is 12.1 Å². The standard InChI is InChI=1S/C18H18F2N2O3/c1-10(17(24)12-3-5-13(19)6-4-12)21-18(25)15-9-14(22-11(2)23)7-8-16(15)20/h3-10,17,24H,1-2H3,(H,21,25)(H,22,23). The molecule has 2 unspecified atom stereocenters. The lowest BCUT2D eigenvalue weighted by Crippen LogP contribution is -2.37. The molecule has 0 radical (unpaired) electrons. The quantitative estimate of drug-likeness (QED) is 0.777. The zero-order chi connectivity index (χ0) is 18.6. The number of halogens is 2. The summed E-state index contributed by atoms with van der Waals surface area (Å²) in [6, 6.07) is 8.07. The first-order valence-electron chi connectivity index (χ1n) is 7.59. The highest BCUT2D eigenvalue weighted by molar-refractivity contribution is 5.97. The molecule has 5 nitrogen and oxygen atoms in total. The highest BCUT2D eigenvalue weighted by Gasteiger charge is 2.21. The molecule has 7 heteroatoms. The molecule has 0 heterocycles.